The van der Waals surface area contributed by atoms with Gasteiger partial charge in [0, 0.05) is 31.0 Å². The van der Waals surface area contributed by atoms with Crippen molar-refractivity contribution in [1.29, 1.82) is 0 Å². The maximum atomic E-state index is 11.8. The van der Waals surface area contributed by atoms with Gasteiger partial charge in [-0.3, -0.25) is 4.98 Å². The number of hydrogen-bond donors (Lipinski definition) is 2. The Morgan fingerprint density at radius 3 is 2.52 bits per heavy atom. The summed E-state index contributed by atoms with van der Waals surface area (Å²) in [5.41, 5.74) is 4.19. The van der Waals surface area contributed by atoms with Crippen LogP contribution in [0, 0.1) is 0 Å². The molecule has 2 amide bonds. The molecule has 33 heavy (non-hydrogen) atoms. The van der Waals surface area contributed by atoms with E-state index in [1.165, 1.54) is 18.4 Å². The number of methoxy groups -OCH3 is 1. The predicted molar refractivity (Wildman–Crippen MR) is 130 cm³/mol. The molecule has 3 aromatic rings. The molecule has 172 valence electrons. The number of nitrogens with one attached hydrogen (secondary N) is 2. The van der Waals surface area contributed by atoms with E-state index in [-0.39, 0.29) is 18.1 Å². The molecule has 6 nitrogen and oxygen atoms in total. The molecular formula is C27H31N3O3. The number of anilines is 1. The highest BCUT2D eigenvalue weighted by molar-refractivity contribution is 5.89. The topological polar surface area (TPSA) is 72.5 Å². The highest BCUT2D eigenvalue weighted by atomic mass is 16.5. The van der Waals surface area contributed by atoms with Gasteiger partial charge in [-0.1, -0.05) is 18.2 Å². The molecule has 4 rings (SSSR count). The summed E-state index contributed by atoms with van der Waals surface area (Å²) in [4.78, 5) is 16.0. The van der Waals surface area contributed by atoms with Crippen LogP contribution in [0.25, 0.3) is 0 Å². The van der Waals surface area contributed by atoms with Gasteiger partial charge in [0.2, 0.25) is 0 Å². The Morgan fingerprint density at radius 2 is 1.79 bits per heavy atom. The maximum Gasteiger partial charge on any atom is 0.318 e. The van der Waals surface area contributed by atoms with Crippen molar-refractivity contribution in [1.82, 2.24) is 10.3 Å². The molecule has 1 heterocycles. The summed E-state index contributed by atoms with van der Waals surface area (Å²) < 4.78 is 12.0. The van der Waals surface area contributed by atoms with E-state index in [0.29, 0.717) is 0 Å². The number of carbonyl (C=O) groups excluding carboxylic acids is 1. The highest BCUT2D eigenvalue weighted by Crippen LogP contribution is 2.37. The van der Waals surface area contributed by atoms with Crippen molar-refractivity contribution >= 4 is 11.7 Å². The number of rotatable bonds is 8. The van der Waals surface area contributed by atoms with E-state index >= 15 is 0 Å². The third-order valence-electron chi connectivity index (χ3n) is 6.15. The molecule has 1 aliphatic carbocycles. The van der Waals surface area contributed by atoms with Gasteiger partial charge in [-0.15, -0.1) is 0 Å². The normalized spacial score (nSPS) is 14.5. The molecule has 0 unspecified atom stereocenters. The van der Waals surface area contributed by atoms with Gasteiger partial charge in [0.15, 0.2) is 11.5 Å². The number of nitrogens with zero attached hydrogens (tertiary/aromatic N) is 1. The van der Waals surface area contributed by atoms with Crippen LogP contribution >= 0.6 is 0 Å². The molecule has 1 saturated carbocycles. The maximum absolute atomic E-state index is 11.8. The molecule has 0 saturated heterocycles. The largest absolute Gasteiger partial charge is 0.493 e. The zero-order valence-corrected chi connectivity index (χ0v) is 19.2. The second-order valence-corrected chi connectivity index (χ2v) is 8.38. The van der Waals surface area contributed by atoms with Gasteiger partial charge in [0.25, 0.3) is 0 Å². The second-order valence-electron chi connectivity index (χ2n) is 8.38. The first-order valence-corrected chi connectivity index (χ1v) is 11.5. The van der Waals surface area contributed by atoms with E-state index in [2.05, 4.69) is 33.8 Å². The molecule has 0 aliphatic heterocycles. The van der Waals surface area contributed by atoms with Gasteiger partial charge in [0.05, 0.1) is 13.2 Å². The first-order chi connectivity index (χ1) is 16.2. The zero-order chi connectivity index (χ0) is 23.0. The molecular weight excluding hydrogens is 414 g/mol. The lowest BCUT2D eigenvalue weighted by molar-refractivity contribution is 0.200. The van der Waals surface area contributed by atoms with Gasteiger partial charge in [-0.05, 0) is 85.2 Å². The third kappa shape index (κ3) is 5.83. The summed E-state index contributed by atoms with van der Waals surface area (Å²) in [5.74, 6) is 1.61. The number of hydrogen-bond acceptors (Lipinski definition) is 4. The van der Waals surface area contributed by atoms with Crippen molar-refractivity contribution in [2.24, 2.45) is 0 Å². The molecule has 2 N–H and O–H groups in total. The van der Waals surface area contributed by atoms with E-state index in [4.69, 9.17) is 9.47 Å². The Morgan fingerprint density at radius 1 is 1.03 bits per heavy atom. The molecule has 6 heteroatoms. The minimum Gasteiger partial charge on any atom is -0.493 e. The van der Waals surface area contributed by atoms with Gasteiger partial charge in [-0.25, -0.2) is 4.79 Å². The highest BCUT2D eigenvalue weighted by Gasteiger charge is 2.22. The fourth-order valence-corrected chi connectivity index (χ4v) is 4.40. The quantitative estimate of drug-likeness (QED) is 0.478. The van der Waals surface area contributed by atoms with Crippen molar-refractivity contribution in [2.45, 2.75) is 44.1 Å². The number of pyridine rings is 1. The molecule has 1 aliphatic rings. The summed E-state index contributed by atoms with van der Waals surface area (Å²) in [6, 6.07) is 18.0. The van der Waals surface area contributed by atoms with Crippen molar-refractivity contribution in [3.63, 3.8) is 0 Å². The minimum atomic E-state index is -0.241. The Labute approximate surface area is 195 Å². The molecule has 0 radical (unpaired) electrons. The number of ether oxygens (including phenoxy) is 2. The van der Waals surface area contributed by atoms with Gasteiger partial charge in [-0.2, -0.15) is 0 Å². The van der Waals surface area contributed by atoms with Crippen molar-refractivity contribution in [3.05, 3.63) is 83.7 Å². The van der Waals surface area contributed by atoms with Crippen LogP contribution in [-0.2, 0) is 6.42 Å². The second kappa shape index (κ2) is 10.9. The van der Waals surface area contributed by atoms with Gasteiger partial charge < -0.3 is 20.1 Å². The SMILES string of the molecule is CNC(=O)Nc1cccc([C@@H](Cc2ccncc2)c2ccc(OC)c(OC3CCCC3)c2)c1. The average Bonchev–Trinajstić information content (AvgIpc) is 3.36. The molecule has 1 aromatic heterocycles. The van der Waals surface area contributed by atoms with E-state index in [0.717, 1.165) is 47.6 Å². The lowest BCUT2D eigenvalue weighted by atomic mass is 9.85. The third-order valence-corrected chi connectivity index (χ3v) is 6.15. The number of aromatic nitrogens is 1. The van der Waals surface area contributed by atoms with Crippen LogP contribution in [0.2, 0.25) is 0 Å². The predicted octanol–water partition coefficient (Wildman–Crippen LogP) is 5.54. The minimum absolute atomic E-state index is 0.0654. The summed E-state index contributed by atoms with van der Waals surface area (Å²) >= 11 is 0. The van der Waals surface area contributed by atoms with Crippen LogP contribution in [0.1, 0.15) is 48.3 Å². The molecule has 0 spiro atoms. The number of carbonyl (C=O) groups is 1. The Balaban J connectivity index is 1.70. The Hall–Kier alpha value is -3.54. The van der Waals surface area contributed by atoms with Crippen molar-refractivity contribution < 1.29 is 14.3 Å². The van der Waals surface area contributed by atoms with Gasteiger partial charge >= 0.3 is 6.03 Å². The summed E-state index contributed by atoms with van der Waals surface area (Å²) in [7, 11) is 3.29. The van der Waals surface area contributed by atoms with Crippen LogP contribution in [0.5, 0.6) is 11.5 Å². The summed E-state index contributed by atoms with van der Waals surface area (Å²) in [6.07, 6.45) is 9.26. The van der Waals surface area contributed by atoms with E-state index in [9.17, 15) is 4.79 Å². The fourth-order valence-electron chi connectivity index (χ4n) is 4.40. The lowest BCUT2D eigenvalue weighted by Gasteiger charge is -2.22. The standard InChI is InChI=1S/C27H31N3O3/c1-28-27(31)30-22-7-5-6-20(17-22)24(16-19-12-14-29-15-13-19)21-10-11-25(32-2)26(18-21)33-23-8-3-4-9-23/h5-7,10-15,17-18,23-24H,3-4,8-9,16H2,1-2H3,(H2,28,30,31)/t24-/m1/s1. The number of urea groups is 1. The van der Waals surface area contributed by atoms with Crippen molar-refractivity contribution in [3.8, 4) is 11.5 Å². The first-order valence-electron chi connectivity index (χ1n) is 11.5. The average molecular weight is 446 g/mol. The lowest BCUT2D eigenvalue weighted by Crippen LogP contribution is -2.24. The van der Waals surface area contributed by atoms with E-state index in [1.807, 2.05) is 48.8 Å². The van der Waals surface area contributed by atoms with Crippen LogP contribution in [0.15, 0.2) is 67.0 Å². The van der Waals surface area contributed by atoms with E-state index < -0.39 is 0 Å². The van der Waals surface area contributed by atoms with Crippen LogP contribution in [-0.4, -0.2) is 31.3 Å². The summed E-state index contributed by atoms with van der Waals surface area (Å²) in [5, 5.41) is 5.48. The monoisotopic (exact) mass is 445 g/mol. The number of amides is 2. The smallest absolute Gasteiger partial charge is 0.318 e. The van der Waals surface area contributed by atoms with Crippen molar-refractivity contribution in [2.75, 3.05) is 19.5 Å². The van der Waals surface area contributed by atoms with Crippen LogP contribution in [0.3, 0.4) is 0 Å². The Kier molecular flexibility index (Phi) is 7.45. The van der Waals surface area contributed by atoms with Crippen LogP contribution < -0.4 is 20.1 Å². The molecule has 0 bridgehead atoms. The first kappa shape index (κ1) is 22.6. The fraction of sp³-hybridized carbons (Fsp3) is 0.333. The van der Waals surface area contributed by atoms with Crippen LogP contribution in [0.4, 0.5) is 10.5 Å². The molecule has 1 fully saturated rings. The summed E-state index contributed by atoms with van der Waals surface area (Å²) in [6.45, 7) is 0. The zero-order valence-electron chi connectivity index (χ0n) is 19.2. The molecule has 2 aromatic carbocycles. The molecule has 1 atom stereocenters. The number of benzene rings is 2. The van der Waals surface area contributed by atoms with E-state index in [1.54, 1.807) is 14.2 Å². The van der Waals surface area contributed by atoms with Gasteiger partial charge in [0.1, 0.15) is 0 Å². The Bertz CT molecular complexity index is 1070.